The van der Waals surface area contributed by atoms with Crippen molar-refractivity contribution in [1.29, 1.82) is 0 Å². The Bertz CT molecular complexity index is 789. The van der Waals surface area contributed by atoms with Crippen LogP contribution in [0.2, 0.25) is 5.15 Å². The van der Waals surface area contributed by atoms with Gasteiger partial charge in [0, 0.05) is 12.4 Å². The number of hydrogen-bond acceptors (Lipinski definition) is 4. The molecule has 0 atom stereocenters. The van der Waals surface area contributed by atoms with Gasteiger partial charge in [0.05, 0.1) is 23.2 Å². The minimum Gasteiger partial charge on any atom is -0.323 e. The number of thioether (sulfide) groups is 1. The Morgan fingerprint density at radius 1 is 1.29 bits per heavy atom. The van der Waals surface area contributed by atoms with Crippen LogP contribution in [0.15, 0.2) is 54.1 Å². The van der Waals surface area contributed by atoms with Crippen molar-refractivity contribution in [3.63, 3.8) is 0 Å². The van der Waals surface area contributed by atoms with Crippen LogP contribution in [-0.2, 0) is 4.79 Å². The van der Waals surface area contributed by atoms with Crippen molar-refractivity contribution >= 4 is 40.5 Å². The SMILES string of the molecule is O=C(CSc1ncc2ccccn12)Nc1cccnc1Cl. The number of anilines is 1. The fourth-order valence-electron chi connectivity index (χ4n) is 1.82. The highest BCUT2D eigenvalue weighted by Gasteiger charge is 2.09. The minimum absolute atomic E-state index is 0.150. The van der Waals surface area contributed by atoms with Gasteiger partial charge in [0.25, 0.3) is 0 Å². The molecule has 0 aliphatic heterocycles. The summed E-state index contributed by atoms with van der Waals surface area (Å²) in [6.45, 7) is 0. The van der Waals surface area contributed by atoms with Crippen molar-refractivity contribution in [2.24, 2.45) is 0 Å². The van der Waals surface area contributed by atoms with E-state index in [1.165, 1.54) is 11.8 Å². The first kappa shape index (κ1) is 13.9. The number of fused-ring (bicyclic) bond motifs is 1. The van der Waals surface area contributed by atoms with E-state index in [2.05, 4.69) is 15.3 Å². The van der Waals surface area contributed by atoms with Crippen LogP contribution >= 0.6 is 23.4 Å². The Labute approximate surface area is 130 Å². The van der Waals surface area contributed by atoms with Gasteiger partial charge in [-0.25, -0.2) is 9.97 Å². The van der Waals surface area contributed by atoms with E-state index in [-0.39, 0.29) is 16.8 Å². The highest BCUT2D eigenvalue weighted by atomic mass is 35.5. The molecule has 0 saturated heterocycles. The quantitative estimate of drug-likeness (QED) is 0.593. The van der Waals surface area contributed by atoms with Gasteiger partial charge in [-0.1, -0.05) is 29.4 Å². The molecule has 0 fully saturated rings. The number of pyridine rings is 2. The molecule has 0 unspecified atom stereocenters. The second-order valence-electron chi connectivity index (χ2n) is 4.21. The smallest absolute Gasteiger partial charge is 0.234 e. The maximum absolute atomic E-state index is 11.9. The normalized spacial score (nSPS) is 10.7. The summed E-state index contributed by atoms with van der Waals surface area (Å²) in [4.78, 5) is 20.2. The summed E-state index contributed by atoms with van der Waals surface area (Å²) in [5.74, 6) is 0.0988. The van der Waals surface area contributed by atoms with Gasteiger partial charge in [-0.2, -0.15) is 0 Å². The molecule has 1 amide bonds. The Morgan fingerprint density at radius 2 is 2.19 bits per heavy atom. The molecule has 3 aromatic heterocycles. The van der Waals surface area contributed by atoms with E-state index >= 15 is 0 Å². The second-order valence-corrected chi connectivity index (χ2v) is 5.52. The van der Waals surface area contributed by atoms with Gasteiger partial charge in [-0.05, 0) is 24.3 Å². The molecule has 0 saturated carbocycles. The third kappa shape index (κ3) is 3.17. The van der Waals surface area contributed by atoms with E-state index in [1.807, 2.05) is 28.8 Å². The van der Waals surface area contributed by atoms with Gasteiger partial charge in [0.2, 0.25) is 5.91 Å². The van der Waals surface area contributed by atoms with Gasteiger partial charge in [-0.15, -0.1) is 0 Å². The minimum atomic E-state index is -0.150. The van der Waals surface area contributed by atoms with Crippen LogP contribution < -0.4 is 5.32 Å². The molecule has 0 radical (unpaired) electrons. The molecule has 0 aromatic carbocycles. The van der Waals surface area contributed by atoms with Crippen LogP contribution in [0.25, 0.3) is 5.52 Å². The summed E-state index contributed by atoms with van der Waals surface area (Å²) >= 11 is 7.26. The van der Waals surface area contributed by atoms with Crippen LogP contribution in [0.3, 0.4) is 0 Å². The summed E-state index contributed by atoms with van der Waals surface area (Å²) in [5, 5.41) is 3.79. The fraction of sp³-hybridized carbons (Fsp3) is 0.0714. The van der Waals surface area contributed by atoms with Crippen molar-refractivity contribution in [2.45, 2.75) is 5.16 Å². The Hall–Kier alpha value is -2.05. The van der Waals surface area contributed by atoms with E-state index in [4.69, 9.17) is 11.6 Å². The highest BCUT2D eigenvalue weighted by molar-refractivity contribution is 7.99. The summed E-state index contributed by atoms with van der Waals surface area (Å²) in [5.41, 5.74) is 1.51. The number of rotatable bonds is 4. The first-order valence-electron chi connectivity index (χ1n) is 6.19. The van der Waals surface area contributed by atoms with Crippen LogP contribution in [-0.4, -0.2) is 26.0 Å². The van der Waals surface area contributed by atoms with Crippen molar-refractivity contribution in [2.75, 3.05) is 11.1 Å². The van der Waals surface area contributed by atoms with E-state index < -0.39 is 0 Å². The van der Waals surface area contributed by atoms with Gasteiger partial charge < -0.3 is 5.32 Å². The van der Waals surface area contributed by atoms with Crippen LogP contribution in [0.1, 0.15) is 0 Å². The van der Waals surface area contributed by atoms with Gasteiger partial charge in [-0.3, -0.25) is 9.20 Å². The monoisotopic (exact) mass is 318 g/mol. The van der Waals surface area contributed by atoms with Crippen LogP contribution in [0, 0.1) is 0 Å². The van der Waals surface area contributed by atoms with Crippen LogP contribution in [0.5, 0.6) is 0 Å². The topological polar surface area (TPSA) is 59.3 Å². The standard InChI is InChI=1S/C14H11ClN4OS/c15-13-11(5-3-6-16-13)18-12(20)9-21-14-17-8-10-4-1-2-7-19(10)14/h1-8H,9H2,(H,18,20). The molecule has 21 heavy (non-hydrogen) atoms. The van der Waals surface area contributed by atoms with E-state index in [1.54, 1.807) is 24.5 Å². The molecule has 3 rings (SSSR count). The molecule has 106 valence electrons. The fourth-order valence-corrected chi connectivity index (χ4v) is 2.75. The zero-order chi connectivity index (χ0) is 14.7. The zero-order valence-corrected chi connectivity index (χ0v) is 12.4. The highest BCUT2D eigenvalue weighted by Crippen LogP contribution is 2.20. The third-order valence-corrected chi connectivity index (χ3v) is 4.04. The molecular formula is C14H11ClN4OS. The maximum atomic E-state index is 11.9. The number of hydrogen-bond donors (Lipinski definition) is 1. The van der Waals surface area contributed by atoms with E-state index in [9.17, 15) is 4.79 Å². The van der Waals surface area contributed by atoms with Gasteiger partial charge >= 0.3 is 0 Å². The lowest BCUT2D eigenvalue weighted by Crippen LogP contribution is -2.14. The molecule has 0 bridgehead atoms. The number of nitrogens with zero attached hydrogens (tertiary/aromatic N) is 3. The van der Waals surface area contributed by atoms with Gasteiger partial charge in [0.1, 0.15) is 0 Å². The Balaban J connectivity index is 1.65. The lowest BCUT2D eigenvalue weighted by Gasteiger charge is -2.05. The molecule has 1 N–H and O–H groups in total. The second kappa shape index (κ2) is 6.15. The Kier molecular flexibility index (Phi) is 4.08. The van der Waals surface area contributed by atoms with Crippen molar-refractivity contribution < 1.29 is 4.79 Å². The summed E-state index contributed by atoms with van der Waals surface area (Å²) < 4.78 is 1.94. The Morgan fingerprint density at radius 3 is 3.05 bits per heavy atom. The molecular weight excluding hydrogens is 308 g/mol. The van der Waals surface area contributed by atoms with Crippen LogP contribution in [0.4, 0.5) is 5.69 Å². The number of carbonyl (C=O) groups excluding carboxylic acids is 1. The third-order valence-electron chi connectivity index (χ3n) is 2.77. The molecule has 5 nitrogen and oxygen atoms in total. The van der Waals surface area contributed by atoms with E-state index in [0.29, 0.717) is 5.69 Å². The molecule has 0 aliphatic carbocycles. The van der Waals surface area contributed by atoms with Crippen molar-refractivity contribution in [3.05, 3.63) is 54.1 Å². The predicted octanol–water partition coefficient (Wildman–Crippen LogP) is 3.11. The largest absolute Gasteiger partial charge is 0.323 e. The summed E-state index contributed by atoms with van der Waals surface area (Å²) in [6, 6.07) is 9.27. The van der Waals surface area contributed by atoms with Gasteiger partial charge in [0.15, 0.2) is 10.3 Å². The van der Waals surface area contributed by atoms with E-state index in [0.717, 1.165) is 10.7 Å². The average molecular weight is 319 g/mol. The number of carbonyl (C=O) groups is 1. The molecule has 3 aromatic rings. The van der Waals surface area contributed by atoms with Crippen molar-refractivity contribution in [1.82, 2.24) is 14.4 Å². The maximum Gasteiger partial charge on any atom is 0.234 e. The molecule has 3 heterocycles. The molecule has 0 spiro atoms. The lowest BCUT2D eigenvalue weighted by atomic mass is 10.4. The number of aromatic nitrogens is 3. The average Bonchev–Trinajstić information content (AvgIpc) is 2.91. The number of amides is 1. The van der Waals surface area contributed by atoms with Crippen molar-refractivity contribution in [3.8, 4) is 0 Å². The summed E-state index contributed by atoms with van der Waals surface area (Å²) in [6.07, 6.45) is 5.27. The lowest BCUT2D eigenvalue weighted by molar-refractivity contribution is -0.113. The predicted molar refractivity (Wildman–Crippen MR) is 83.8 cm³/mol. The zero-order valence-electron chi connectivity index (χ0n) is 10.9. The number of nitrogens with one attached hydrogen (secondary N) is 1. The number of halogens is 1. The molecule has 0 aliphatic rings. The first-order valence-corrected chi connectivity index (χ1v) is 7.55. The first-order chi connectivity index (χ1) is 10.2. The summed E-state index contributed by atoms with van der Waals surface area (Å²) in [7, 11) is 0. The molecule has 7 heteroatoms. The number of imidazole rings is 1.